The largest absolute Gasteiger partial charge is 0.321 e. The Morgan fingerprint density at radius 1 is 0.553 bits per heavy atom. The molecule has 0 atom stereocenters. The van der Waals surface area contributed by atoms with Crippen molar-refractivity contribution in [1.82, 2.24) is 23.2 Å². The van der Waals surface area contributed by atoms with E-state index < -0.39 is 7.44 Å². The first kappa shape index (κ1) is 26.5. The highest BCUT2D eigenvalue weighted by Crippen LogP contribution is 2.56. The lowest BCUT2D eigenvalue weighted by atomic mass is 10.0. The molecule has 0 amide bonds. The minimum Gasteiger partial charge on any atom is -0.296 e. The van der Waals surface area contributed by atoms with E-state index in [4.69, 9.17) is 9.97 Å². The summed E-state index contributed by atoms with van der Waals surface area (Å²) in [6, 6.07) is 41.4. The molecule has 0 radical (unpaired) electrons. The summed E-state index contributed by atoms with van der Waals surface area (Å²) in [7, 11) is -3.85. The summed E-state index contributed by atoms with van der Waals surface area (Å²) in [5, 5.41) is 5.37. The second-order valence-corrected chi connectivity index (χ2v) is 14.5. The maximum Gasteiger partial charge on any atom is 0.321 e. The van der Waals surface area contributed by atoms with Crippen LogP contribution >= 0.6 is 7.44 Å². The van der Waals surface area contributed by atoms with Crippen LogP contribution in [0, 0.1) is 0 Å². The molecule has 0 N–H and O–H groups in total. The molecule has 7 heteroatoms. The van der Waals surface area contributed by atoms with Crippen LogP contribution < -0.4 is 5.44 Å². The molecule has 0 fully saturated rings. The zero-order valence-electron chi connectivity index (χ0n) is 25.4. The van der Waals surface area contributed by atoms with E-state index in [-0.39, 0.29) is 0 Å². The van der Waals surface area contributed by atoms with Crippen molar-refractivity contribution in [2.45, 2.75) is 12.8 Å². The van der Waals surface area contributed by atoms with Gasteiger partial charge in [0, 0.05) is 38.2 Å². The molecule has 4 aromatic heterocycles. The quantitative estimate of drug-likeness (QED) is 0.183. The van der Waals surface area contributed by atoms with Crippen LogP contribution in [0.15, 0.2) is 140 Å². The number of aromatic nitrogens is 5. The zero-order chi connectivity index (χ0) is 31.1. The minimum absolute atomic E-state index is 0.422. The predicted molar refractivity (Wildman–Crippen MR) is 193 cm³/mol. The van der Waals surface area contributed by atoms with Crippen molar-refractivity contribution >= 4 is 73.5 Å². The summed E-state index contributed by atoms with van der Waals surface area (Å²) in [4.78, 5) is 10.2. The number of rotatable bonds is 4. The van der Waals surface area contributed by atoms with Gasteiger partial charge in [0.1, 0.15) is 0 Å². The summed E-state index contributed by atoms with van der Waals surface area (Å²) in [6.45, 7) is 0. The molecule has 0 saturated heterocycles. The number of nitrogens with zero attached hydrogens (tertiary/aromatic N) is 5. The molecule has 0 unspecified atom stereocenters. The van der Waals surface area contributed by atoms with Crippen molar-refractivity contribution in [3.63, 3.8) is 0 Å². The Morgan fingerprint density at radius 2 is 1.02 bits per heavy atom. The van der Waals surface area contributed by atoms with Gasteiger partial charge >= 0.3 is 7.44 Å². The topological polar surface area (TPSA) is 57.6 Å². The number of hydrogen-bond donors (Lipinski definition) is 0. The van der Waals surface area contributed by atoms with E-state index in [0.717, 1.165) is 62.0 Å². The van der Waals surface area contributed by atoms with Crippen LogP contribution in [0.2, 0.25) is 0 Å². The van der Waals surface area contributed by atoms with Crippen molar-refractivity contribution in [1.29, 1.82) is 0 Å². The molecule has 1 aliphatic carbocycles. The van der Waals surface area contributed by atoms with Crippen molar-refractivity contribution in [3.05, 3.63) is 151 Å². The van der Waals surface area contributed by atoms with E-state index in [0.29, 0.717) is 11.3 Å². The number of benzene rings is 5. The van der Waals surface area contributed by atoms with Crippen molar-refractivity contribution in [3.8, 4) is 5.82 Å². The molecule has 224 valence electrons. The van der Waals surface area contributed by atoms with Gasteiger partial charge in [-0.3, -0.25) is 22.8 Å². The Balaban J connectivity index is 1.37. The van der Waals surface area contributed by atoms with Gasteiger partial charge in [0.25, 0.3) is 0 Å². The first-order valence-electron chi connectivity index (χ1n) is 15.9. The Morgan fingerprint density at radius 3 is 1.55 bits per heavy atom. The lowest BCUT2D eigenvalue weighted by molar-refractivity contribution is 0.572. The first-order chi connectivity index (χ1) is 23.2. The molecular weight excluding hydrogens is 597 g/mol. The third kappa shape index (κ3) is 3.59. The summed E-state index contributed by atoms with van der Waals surface area (Å²) < 4.78 is 23.2. The average molecular weight is 626 g/mol. The van der Waals surface area contributed by atoms with Gasteiger partial charge in [0.15, 0.2) is 11.3 Å². The fourth-order valence-electron chi connectivity index (χ4n) is 7.71. The van der Waals surface area contributed by atoms with Crippen LogP contribution in [-0.2, 0) is 11.0 Å². The molecular formula is C40H28N5OP. The fraction of sp³-hybridized carbons (Fsp3) is 0.0500. The smallest absolute Gasteiger partial charge is 0.296 e. The van der Waals surface area contributed by atoms with E-state index in [1.807, 2.05) is 57.2 Å². The monoisotopic (exact) mass is 625 g/mol. The van der Waals surface area contributed by atoms with Crippen molar-refractivity contribution in [2.75, 3.05) is 0 Å². The summed E-state index contributed by atoms with van der Waals surface area (Å²) in [5.74, 6) is 0.664. The summed E-state index contributed by atoms with van der Waals surface area (Å²) >= 11 is 0. The van der Waals surface area contributed by atoms with E-state index in [1.165, 1.54) is 16.6 Å². The van der Waals surface area contributed by atoms with Gasteiger partial charge in [-0.05, 0) is 43.2 Å². The van der Waals surface area contributed by atoms with Crippen LogP contribution in [0.5, 0.6) is 0 Å². The van der Waals surface area contributed by atoms with Crippen LogP contribution in [0.4, 0.5) is 0 Å². The number of fused-ring (bicyclic) bond motifs is 9. The highest BCUT2D eigenvalue weighted by molar-refractivity contribution is 7.69. The summed E-state index contributed by atoms with van der Waals surface area (Å²) in [6.07, 6.45) is 9.81. The third-order valence-corrected chi connectivity index (χ3v) is 12.4. The first-order valence-corrected chi connectivity index (χ1v) is 17.5. The van der Waals surface area contributed by atoms with Gasteiger partial charge in [-0.1, -0.05) is 103 Å². The molecule has 10 rings (SSSR count). The molecule has 6 nitrogen and oxygen atoms in total. The van der Waals surface area contributed by atoms with Gasteiger partial charge in [-0.25, -0.2) is 4.98 Å². The van der Waals surface area contributed by atoms with Gasteiger partial charge in [0.2, 0.25) is 0 Å². The third-order valence-electron chi connectivity index (χ3n) is 9.64. The van der Waals surface area contributed by atoms with Gasteiger partial charge in [-0.15, -0.1) is 0 Å². The number of para-hydroxylation sites is 5. The van der Waals surface area contributed by atoms with Crippen LogP contribution in [-0.4, -0.2) is 23.2 Å². The highest BCUT2D eigenvalue weighted by atomic mass is 31.2. The summed E-state index contributed by atoms with van der Waals surface area (Å²) in [5.41, 5.74) is 7.46. The molecule has 0 spiro atoms. The van der Waals surface area contributed by atoms with Crippen molar-refractivity contribution < 1.29 is 4.57 Å². The van der Waals surface area contributed by atoms with E-state index >= 15 is 4.57 Å². The fourth-order valence-corrected chi connectivity index (χ4v) is 10.6. The zero-order valence-corrected chi connectivity index (χ0v) is 26.3. The normalized spacial score (nSPS) is 13.4. The minimum atomic E-state index is -3.85. The van der Waals surface area contributed by atoms with E-state index in [9.17, 15) is 0 Å². The lowest BCUT2D eigenvalue weighted by Crippen LogP contribution is -2.23. The SMILES string of the molecule is O=P(c1cncc(-n2c3c(c4ccccc42)C=CCC3)n1)(n1c2ccccc2c2ccccc21)n1c2ccccc2c2ccccc21. The maximum absolute atomic E-state index is 16.9. The standard InChI is InChI=1S/C40H28N5OP/c46-47(44-35-21-9-3-15-29(35)30-16-4-10-22-36(30)44,45-37-23-11-5-17-31(37)32-18-6-12-24-38(32)45)40-26-41-25-39(42-40)43-33-19-7-1-13-27(33)28-14-2-8-20-34(28)43/h1-7,9-19,21-26H,8,20H2. The van der Waals surface area contributed by atoms with Crippen molar-refractivity contribution in [2.24, 2.45) is 0 Å². The molecule has 0 bridgehead atoms. The molecule has 5 aromatic carbocycles. The molecule has 47 heavy (non-hydrogen) atoms. The Kier molecular flexibility index (Phi) is 5.58. The number of hydrogen-bond acceptors (Lipinski definition) is 3. The van der Waals surface area contributed by atoms with Gasteiger partial charge < -0.3 is 0 Å². The predicted octanol–water partition coefficient (Wildman–Crippen LogP) is 9.51. The number of allylic oxidation sites excluding steroid dienone is 1. The second-order valence-electron chi connectivity index (χ2n) is 12.1. The molecule has 1 aliphatic rings. The van der Waals surface area contributed by atoms with E-state index in [2.05, 4.69) is 89.5 Å². The average Bonchev–Trinajstić information content (AvgIpc) is 3.78. The highest BCUT2D eigenvalue weighted by Gasteiger charge is 2.38. The Labute approximate surface area is 270 Å². The molecule has 9 aromatic rings. The van der Waals surface area contributed by atoms with Gasteiger partial charge in [0.05, 0.1) is 40.0 Å². The maximum atomic E-state index is 16.9. The lowest BCUT2D eigenvalue weighted by Gasteiger charge is -2.25. The molecule has 0 aliphatic heterocycles. The Hall–Kier alpha value is -5.71. The van der Waals surface area contributed by atoms with Crippen LogP contribution in [0.25, 0.3) is 66.4 Å². The van der Waals surface area contributed by atoms with E-state index in [1.54, 1.807) is 12.4 Å². The van der Waals surface area contributed by atoms with Crippen LogP contribution in [0.1, 0.15) is 17.7 Å². The molecule has 4 heterocycles. The second kappa shape index (κ2) is 9.89. The van der Waals surface area contributed by atoms with Crippen LogP contribution in [0.3, 0.4) is 0 Å². The molecule has 0 saturated carbocycles. The van der Waals surface area contributed by atoms with Gasteiger partial charge in [-0.2, -0.15) is 0 Å². The Bertz CT molecular complexity index is 2580.